The zero-order chi connectivity index (χ0) is 14.7. The van der Waals surface area contributed by atoms with Gasteiger partial charge in [-0.3, -0.25) is 0 Å². The van der Waals surface area contributed by atoms with Gasteiger partial charge in [0.2, 0.25) is 0 Å². The van der Waals surface area contributed by atoms with Crippen LogP contribution in [0.25, 0.3) is 0 Å². The molecule has 0 amide bonds. The molecular weight excluding hydrogens is 262 g/mol. The van der Waals surface area contributed by atoms with Crippen LogP contribution in [0.15, 0.2) is 0 Å². The molecule has 0 N–H and O–H groups in total. The average Bonchev–Trinajstić information content (AvgIpc) is 2.83. The van der Waals surface area contributed by atoms with Crippen molar-refractivity contribution in [1.29, 1.82) is 0 Å². The van der Waals surface area contributed by atoms with Crippen LogP contribution in [0.2, 0.25) is 12.6 Å². The van der Waals surface area contributed by atoms with Crippen LogP contribution in [-0.2, 0) is 4.43 Å². The van der Waals surface area contributed by atoms with Gasteiger partial charge in [-0.2, -0.15) is 0 Å². The Morgan fingerprint density at radius 1 is 0.900 bits per heavy atom. The van der Waals surface area contributed by atoms with Crippen molar-refractivity contribution in [2.24, 2.45) is 0 Å². The third-order valence-electron chi connectivity index (χ3n) is 4.96. The fourth-order valence-corrected chi connectivity index (χ4v) is 6.22. The Kier molecular flexibility index (Phi) is 9.83. The Morgan fingerprint density at radius 3 is 2.00 bits per heavy atom. The summed E-state index contributed by atoms with van der Waals surface area (Å²) in [6.07, 6.45) is 15.6. The maximum atomic E-state index is 5.82. The lowest BCUT2D eigenvalue weighted by atomic mass is 10.1. The number of unbranched alkanes of at least 4 members (excludes halogenated alkanes) is 9. The molecule has 0 bridgehead atoms. The second-order valence-corrected chi connectivity index (χ2v) is 10.5. The lowest BCUT2D eigenvalue weighted by Gasteiger charge is -2.31. The number of hydrogen-bond acceptors (Lipinski definition) is 2. The molecule has 1 atom stereocenters. The van der Waals surface area contributed by atoms with E-state index in [1.165, 1.54) is 89.8 Å². The van der Waals surface area contributed by atoms with E-state index in [-0.39, 0.29) is 0 Å². The van der Waals surface area contributed by atoms with Crippen LogP contribution in [0.4, 0.5) is 0 Å². The normalized spacial score (nSPS) is 23.6. The highest BCUT2D eigenvalue weighted by atomic mass is 28.4. The molecule has 0 aromatic carbocycles. The Morgan fingerprint density at radius 2 is 1.45 bits per heavy atom. The molecule has 1 aliphatic rings. The van der Waals surface area contributed by atoms with E-state index in [0.29, 0.717) is 0 Å². The maximum Gasteiger partial charge on any atom is 0.267 e. The number of hydrogen-bond donors (Lipinski definition) is 0. The minimum Gasteiger partial charge on any atom is -0.406 e. The van der Waals surface area contributed by atoms with E-state index in [9.17, 15) is 0 Å². The van der Waals surface area contributed by atoms with E-state index in [4.69, 9.17) is 4.43 Å². The molecule has 1 aliphatic heterocycles. The van der Waals surface area contributed by atoms with Crippen LogP contribution in [-0.4, -0.2) is 33.2 Å². The first kappa shape index (κ1) is 18.2. The predicted molar refractivity (Wildman–Crippen MR) is 91.5 cm³/mol. The first-order chi connectivity index (χ1) is 9.73. The van der Waals surface area contributed by atoms with Crippen LogP contribution < -0.4 is 0 Å². The molecule has 20 heavy (non-hydrogen) atoms. The summed E-state index contributed by atoms with van der Waals surface area (Å²) < 4.78 is 8.50. The van der Waals surface area contributed by atoms with Gasteiger partial charge in [0.15, 0.2) is 0 Å². The smallest absolute Gasteiger partial charge is 0.267 e. The average molecular weight is 300 g/mol. The summed E-state index contributed by atoms with van der Waals surface area (Å²) in [7, 11) is 0.469. The molecule has 0 saturated carbocycles. The van der Waals surface area contributed by atoms with Gasteiger partial charge in [0.05, 0.1) is 0 Å². The molecule has 1 saturated heterocycles. The van der Waals surface area contributed by atoms with Gasteiger partial charge >= 0.3 is 0 Å². The monoisotopic (exact) mass is 299 g/mol. The topological polar surface area (TPSA) is 12.5 Å². The zero-order valence-electron chi connectivity index (χ0n) is 14.3. The quantitative estimate of drug-likeness (QED) is 0.357. The van der Waals surface area contributed by atoms with Crippen molar-refractivity contribution in [1.82, 2.24) is 4.57 Å². The molecule has 1 heterocycles. The van der Waals surface area contributed by atoms with Gasteiger partial charge in [-0.25, -0.2) is 0 Å². The summed E-state index contributed by atoms with van der Waals surface area (Å²) in [6, 6.07) is 1.33. The molecule has 0 aliphatic carbocycles. The first-order valence-electron chi connectivity index (χ1n) is 9.03. The van der Waals surface area contributed by atoms with Crippen LogP contribution >= 0.6 is 0 Å². The highest BCUT2D eigenvalue weighted by Crippen LogP contribution is 2.26. The summed E-state index contributed by atoms with van der Waals surface area (Å²) in [4.78, 5) is 0. The molecule has 120 valence electrons. The Hall–Kier alpha value is 0.137. The van der Waals surface area contributed by atoms with Gasteiger partial charge in [-0.15, -0.1) is 0 Å². The molecule has 0 aromatic heterocycles. The molecular formula is C17H37NOSi. The van der Waals surface area contributed by atoms with Crippen LogP contribution in [0.3, 0.4) is 0 Å². The Labute approximate surface area is 128 Å². The minimum absolute atomic E-state index is 1.28. The summed E-state index contributed by atoms with van der Waals surface area (Å²) in [5, 5.41) is 0. The third-order valence-corrected chi connectivity index (χ3v) is 8.90. The van der Waals surface area contributed by atoms with Crippen molar-refractivity contribution in [2.75, 3.05) is 20.2 Å². The van der Waals surface area contributed by atoms with Crippen LogP contribution in [0, 0.1) is 0 Å². The number of rotatable bonds is 12. The van der Waals surface area contributed by atoms with Crippen molar-refractivity contribution >= 4 is 8.48 Å². The van der Waals surface area contributed by atoms with Gasteiger partial charge in [-0.1, -0.05) is 64.7 Å². The summed E-state index contributed by atoms with van der Waals surface area (Å²) >= 11 is 0. The molecule has 3 heteroatoms. The van der Waals surface area contributed by atoms with Gasteiger partial charge in [0.25, 0.3) is 8.48 Å². The lowest BCUT2D eigenvalue weighted by Crippen LogP contribution is -2.48. The van der Waals surface area contributed by atoms with E-state index in [1.807, 2.05) is 7.11 Å². The fourth-order valence-electron chi connectivity index (χ4n) is 3.36. The van der Waals surface area contributed by atoms with Crippen LogP contribution in [0.5, 0.6) is 0 Å². The summed E-state index contributed by atoms with van der Waals surface area (Å²) in [5.41, 5.74) is 0. The van der Waals surface area contributed by atoms with E-state index < -0.39 is 8.48 Å². The lowest BCUT2D eigenvalue weighted by molar-refractivity contribution is 0.311. The van der Waals surface area contributed by atoms with Gasteiger partial charge in [0.1, 0.15) is 0 Å². The van der Waals surface area contributed by atoms with Gasteiger partial charge < -0.3 is 8.99 Å². The van der Waals surface area contributed by atoms with Gasteiger partial charge in [0, 0.05) is 7.11 Å². The van der Waals surface area contributed by atoms with E-state index in [1.54, 1.807) is 0 Å². The second kappa shape index (κ2) is 10.8. The molecule has 0 spiro atoms. The SMILES string of the molecule is CCCCCCCCCCCCN1CCC[Si]1(C)OC. The summed E-state index contributed by atoms with van der Waals surface area (Å²) in [5.74, 6) is 0. The molecule has 0 radical (unpaired) electrons. The Bertz CT molecular complexity index is 237. The standard InChI is InChI=1S/C17H37NOSi/c1-4-5-6-7-8-9-10-11-12-13-15-18-16-14-17-20(18,3)19-2/h4-17H2,1-3H3. The minimum atomic E-state index is -1.45. The van der Waals surface area contributed by atoms with Crippen molar-refractivity contribution in [3.63, 3.8) is 0 Å². The van der Waals surface area contributed by atoms with Crippen LogP contribution in [0.1, 0.15) is 77.6 Å². The predicted octanol–water partition coefficient (Wildman–Crippen LogP) is 5.33. The highest BCUT2D eigenvalue weighted by Gasteiger charge is 2.39. The van der Waals surface area contributed by atoms with Crippen molar-refractivity contribution < 1.29 is 4.43 Å². The van der Waals surface area contributed by atoms with Crippen molar-refractivity contribution in [2.45, 2.75) is 90.1 Å². The molecule has 1 rings (SSSR count). The molecule has 1 fully saturated rings. The molecule has 0 aromatic rings. The zero-order valence-corrected chi connectivity index (χ0v) is 15.3. The largest absolute Gasteiger partial charge is 0.406 e. The van der Waals surface area contributed by atoms with Crippen molar-refractivity contribution in [3.8, 4) is 0 Å². The highest BCUT2D eigenvalue weighted by molar-refractivity contribution is 6.70. The number of nitrogens with zero attached hydrogens (tertiary/aromatic N) is 1. The van der Waals surface area contributed by atoms with E-state index >= 15 is 0 Å². The second-order valence-electron chi connectivity index (χ2n) is 6.65. The van der Waals surface area contributed by atoms with E-state index in [2.05, 4.69) is 18.0 Å². The first-order valence-corrected chi connectivity index (χ1v) is 11.6. The van der Waals surface area contributed by atoms with E-state index in [0.717, 1.165) is 0 Å². The maximum absolute atomic E-state index is 5.82. The van der Waals surface area contributed by atoms with Gasteiger partial charge in [-0.05, 0) is 38.5 Å². The fraction of sp³-hybridized carbons (Fsp3) is 1.00. The molecule has 1 unspecified atom stereocenters. The Balaban J connectivity index is 1.90. The van der Waals surface area contributed by atoms with Crippen molar-refractivity contribution in [3.05, 3.63) is 0 Å². The third kappa shape index (κ3) is 6.73. The molecule has 2 nitrogen and oxygen atoms in total. The summed E-state index contributed by atoms with van der Waals surface area (Å²) in [6.45, 7) is 7.25.